The third-order valence-electron chi connectivity index (χ3n) is 7.90. The van der Waals surface area contributed by atoms with Crippen LogP contribution in [0.4, 0.5) is 11.4 Å². The molecule has 4 aliphatic rings. The van der Waals surface area contributed by atoms with Gasteiger partial charge in [0.05, 0.1) is 29.7 Å². The van der Waals surface area contributed by atoms with Gasteiger partial charge in [0.25, 0.3) is 0 Å². The summed E-state index contributed by atoms with van der Waals surface area (Å²) in [5, 5.41) is 3.49. The van der Waals surface area contributed by atoms with Crippen LogP contribution < -0.4 is 10.2 Å². The van der Waals surface area contributed by atoms with Gasteiger partial charge in [0.1, 0.15) is 5.54 Å². The number of aryl methyl sites for hydroxylation is 1. The van der Waals surface area contributed by atoms with E-state index < -0.39 is 29.3 Å². The summed E-state index contributed by atoms with van der Waals surface area (Å²) in [6.45, 7) is 4.47. The van der Waals surface area contributed by atoms with Crippen molar-refractivity contribution in [3.63, 3.8) is 0 Å². The molecule has 8 nitrogen and oxygen atoms in total. The Kier molecular flexibility index (Phi) is 4.85. The fourth-order valence-corrected chi connectivity index (χ4v) is 6.92. The molecular weight excluding hydrogens is 470 g/mol. The summed E-state index contributed by atoms with van der Waals surface area (Å²) in [5.74, 6) is -2.95. The molecule has 35 heavy (non-hydrogen) atoms. The summed E-state index contributed by atoms with van der Waals surface area (Å²) in [6, 6.07) is 9.57. The smallest absolute Gasteiger partial charge is 0.338 e. The Labute approximate surface area is 207 Å². The van der Waals surface area contributed by atoms with Crippen LogP contribution in [0.3, 0.4) is 0 Å². The Bertz CT molecular complexity index is 1310. The Balaban J connectivity index is 1.46. The van der Waals surface area contributed by atoms with Gasteiger partial charge in [0, 0.05) is 22.3 Å². The van der Waals surface area contributed by atoms with Crippen molar-refractivity contribution >= 4 is 46.7 Å². The highest BCUT2D eigenvalue weighted by Gasteiger charge is 2.74. The molecule has 0 radical (unpaired) electrons. The maximum Gasteiger partial charge on any atom is 0.338 e. The van der Waals surface area contributed by atoms with E-state index in [0.29, 0.717) is 34.1 Å². The number of nitrogens with zero attached hydrogens (tertiary/aromatic N) is 2. The summed E-state index contributed by atoms with van der Waals surface area (Å²) in [5.41, 5.74) is 1.60. The number of amides is 3. The van der Waals surface area contributed by atoms with Gasteiger partial charge in [-0.25, -0.2) is 9.69 Å². The number of ether oxygens (including phenoxy) is 1. The third kappa shape index (κ3) is 2.78. The molecule has 4 atom stereocenters. The summed E-state index contributed by atoms with van der Waals surface area (Å²) in [4.78, 5) is 56.8. The monoisotopic (exact) mass is 493 g/mol. The minimum atomic E-state index is -1.27. The number of nitrogens with one attached hydrogen (secondary N) is 1. The van der Waals surface area contributed by atoms with Gasteiger partial charge in [-0.1, -0.05) is 11.6 Å². The number of esters is 1. The lowest BCUT2D eigenvalue weighted by Crippen LogP contribution is -2.54. The van der Waals surface area contributed by atoms with E-state index in [9.17, 15) is 19.2 Å². The zero-order chi connectivity index (χ0) is 24.6. The zero-order valence-electron chi connectivity index (χ0n) is 19.3. The molecule has 0 aromatic heterocycles. The van der Waals surface area contributed by atoms with Crippen molar-refractivity contribution in [1.82, 2.24) is 4.90 Å². The number of halogens is 1. The van der Waals surface area contributed by atoms with E-state index in [1.807, 2.05) is 6.92 Å². The van der Waals surface area contributed by atoms with Crippen molar-refractivity contribution in [2.24, 2.45) is 11.8 Å². The quantitative estimate of drug-likeness (QED) is 0.521. The van der Waals surface area contributed by atoms with E-state index in [1.54, 1.807) is 43.3 Å². The minimum Gasteiger partial charge on any atom is -0.462 e. The van der Waals surface area contributed by atoms with Crippen molar-refractivity contribution < 1.29 is 23.9 Å². The first-order valence-electron chi connectivity index (χ1n) is 11.8. The number of imide groups is 1. The second-order valence-electron chi connectivity index (χ2n) is 9.55. The minimum absolute atomic E-state index is 0.212. The van der Waals surface area contributed by atoms with Gasteiger partial charge in [0.2, 0.25) is 17.7 Å². The lowest BCUT2D eigenvalue weighted by Gasteiger charge is -2.36. The normalized spacial score (nSPS) is 28.9. The van der Waals surface area contributed by atoms with Gasteiger partial charge < -0.3 is 10.1 Å². The van der Waals surface area contributed by atoms with Crippen molar-refractivity contribution in [2.75, 3.05) is 23.4 Å². The Morgan fingerprint density at radius 1 is 1.17 bits per heavy atom. The first kappa shape index (κ1) is 22.2. The van der Waals surface area contributed by atoms with E-state index in [2.05, 4.69) is 10.2 Å². The topological polar surface area (TPSA) is 96.0 Å². The predicted molar refractivity (Wildman–Crippen MR) is 128 cm³/mol. The first-order valence-corrected chi connectivity index (χ1v) is 12.2. The van der Waals surface area contributed by atoms with Crippen LogP contribution in [0.2, 0.25) is 5.02 Å². The maximum absolute atomic E-state index is 14.0. The highest BCUT2D eigenvalue weighted by atomic mass is 35.5. The molecule has 6 rings (SSSR count). The fraction of sp³-hybridized carbons (Fsp3) is 0.385. The standard InChI is InChI=1S/C26H24ClN3O5/c1-3-35-24(33)14-6-8-16(9-7-14)30-22(31)19-18-5-4-10-29(18)26(20(19)23(30)32)17-12-15(27)11-13(2)21(17)28-25(26)34/h6-9,11-12,18-20H,3-5,10H2,1-2H3,(H,28,34)/t18-,19+,20-,26+/m0/s1. The number of carbonyl (C=O) groups excluding carboxylic acids is 4. The molecule has 3 saturated heterocycles. The third-order valence-corrected chi connectivity index (χ3v) is 8.12. The highest BCUT2D eigenvalue weighted by Crippen LogP contribution is 2.61. The Hall–Kier alpha value is -3.23. The highest BCUT2D eigenvalue weighted by molar-refractivity contribution is 6.31. The second kappa shape index (κ2) is 7.63. The van der Waals surface area contributed by atoms with Crippen LogP contribution in [-0.4, -0.2) is 47.8 Å². The summed E-state index contributed by atoms with van der Waals surface area (Å²) < 4.78 is 5.02. The van der Waals surface area contributed by atoms with Gasteiger partial charge in [0.15, 0.2) is 0 Å². The van der Waals surface area contributed by atoms with Crippen molar-refractivity contribution in [2.45, 2.75) is 38.3 Å². The Morgan fingerprint density at radius 3 is 2.63 bits per heavy atom. The van der Waals surface area contributed by atoms with E-state index in [1.165, 1.54) is 4.90 Å². The number of hydrogen-bond donors (Lipinski definition) is 1. The molecule has 1 spiro atoms. The largest absolute Gasteiger partial charge is 0.462 e. The summed E-state index contributed by atoms with van der Waals surface area (Å²) >= 11 is 6.42. The molecular formula is C26H24ClN3O5. The SMILES string of the molecule is CCOC(=O)c1ccc(N2C(=O)[C@H]3[C@@H](C2=O)[C@]2(C(=O)Nc4c(C)cc(Cl)cc42)N2CCC[C@@H]32)cc1. The number of carbonyl (C=O) groups is 4. The lowest BCUT2D eigenvalue weighted by atomic mass is 9.75. The lowest BCUT2D eigenvalue weighted by molar-refractivity contribution is -0.135. The fourth-order valence-electron chi connectivity index (χ4n) is 6.65. The van der Waals surface area contributed by atoms with E-state index >= 15 is 0 Å². The average Bonchev–Trinajstić information content (AvgIpc) is 3.53. The maximum atomic E-state index is 14.0. The van der Waals surface area contributed by atoms with Crippen LogP contribution in [-0.2, 0) is 24.7 Å². The molecule has 4 aliphatic heterocycles. The van der Waals surface area contributed by atoms with Crippen molar-refractivity contribution in [1.29, 1.82) is 0 Å². The molecule has 2 aromatic rings. The van der Waals surface area contributed by atoms with Crippen LogP contribution in [0.25, 0.3) is 0 Å². The van der Waals surface area contributed by atoms with Crippen molar-refractivity contribution in [3.8, 4) is 0 Å². The predicted octanol–water partition coefficient (Wildman–Crippen LogP) is 3.26. The molecule has 180 valence electrons. The molecule has 3 amide bonds. The molecule has 3 fully saturated rings. The number of fused-ring (bicyclic) bond motifs is 7. The van der Waals surface area contributed by atoms with Gasteiger partial charge in [-0.2, -0.15) is 0 Å². The first-order chi connectivity index (χ1) is 16.8. The van der Waals surface area contributed by atoms with Gasteiger partial charge in [-0.3, -0.25) is 19.3 Å². The molecule has 9 heteroatoms. The Morgan fingerprint density at radius 2 is 1.91 bits per heavy atom. The molecule has 0 bridgehead atoms. The van der Waals surface area contributed by atoms with E-state index in [0.717, 1.165) is 18.4 Å². The molecule has 0 unspecified atom stereocenters. The second-order valence-corrected chi connectivity index (χ2v) is 9.99. The van der Waals surface area contributed by atoms with Crippen LogP contribution in [0.1, 0.15) is 41.3 Å². The van der Waals surface area contributed by atoms with E-state index in [4.69, 9.17) is 16.3 Å². The zero-order valence-corrected chi connectivity index (χ0v) is 20.1. The summed E-state index contributed by atoms with van der Waals surface area (Å²) in [6.07, 6.45) is 1.58. The van der Waals surface area contributed by atoms with Gasteiger partial charge >= 0.3 is 5.97 Å². The number of rotatable bonds is 3. The average molecular weight is 494 g/mol. The summed E-state index contributed by atoms with van der Waals surface area (Å²) in [7, 11) is 0. The molecule has 2 aromatic carbocycles. The van der Waals surface area contributed by atoms with Crippen LogP contribution in [0.15, 0.2) is 36.4 Å². The molecule has 4 heterocycles. The molecule has 0 aliphatic carbocycles. The molecule has 1 N–H and O–H groups in total. The van der Waals surface area contributed by atoms with Gasteiger partial charge in [-0.15, -0.1) is 0 Å². The van der Waals surface area contributed by atoms with E-state index in [-0.39, 0.29) is 24.5 Å². The van der Waals surface area contributed by atoms with Crippen LogP contribution in [0, 0.1) is 18.8 Å². The molecule has 0 saturated carbocycles. The number of hydrogen-bond acceptors (Lipinski definition) is 6. The van der Waals surface area contributed by atoms with Crippen molar-refractivity contribution in [3.05, 3.63) is 58.1 Å². The van der Waals surface area contributed by atoms with Gasteiger partial charge in [-0.05, 0) is 75.2 Å². The number of anilines is 2. The number of benzene rings is 2. The van der Waals surface area contributed by atoms with Crippen LogP contribution >= 0.6 is 11.6 Å². The van der Waals surface area contributed by atoms with Crippen LogP contribution in [0.5, 0.6) is 0 Å².